The molecule has 1 aromatic heterocycles. The lowest BCUT2D eigenvalue weighted by molar-refractivity contribution is -0.384. The van der Waals surface area contributed by atoms with E-state index in [-0.39, 0.29) is 11.6 Å². The van der Waals surface area contributed by atoms with Crippen molar-refractivity contribution in [3.05, 3.63) is 75.1 Å². The first-order chi connectivity index (χ1) is 12.4. The zero-order valence-corrected chi connectivity index (χ0v) is 14.2. The van der Waals surface area contributed by atoms with Crippen molar-refractivity contribution >= 4 is 34.0 Å². The van der Waals surface area contributed by atoms with E-state index in [1.54, 1.807) is 49.3 Å². The second kappa shape index (κ2) is 6.67. The van der Waals surface area contributed by atoms with Crippen LogP contribution in [-0.4, -0.2) is 25.0 Å². The second-order valence-electron chi connectivity index (χ2n) is 5.67. The largest absolute Gasteiger partial charge is 0.420 e. The Morgan fingerprint density at radius 3 is 2.54 bits per heavy atom. The molecular formula is C18H16N4O4. The second-order valence-corrected chi connectivity index (χ2v) is 5.67. The molecule has 1 heterocycles. The highest BCUT2D eigenvalue weighted by Gasteiger charge is 2.18. The van der Waals surface area contributed by atoms with Crippen molar-refractivity contribution in [2.75, 3.05) is 23.9 Å². The lowest BCUT2D eigenvalue weighted by Crippen LogP contribution is -2.39. The maximum absolute atomic E-state index is 11.6. The molecule has 0 unspecified atom stereocenters. The molecule has 1 N–H and O–H groups in total. The van der Waals surface area contributed by atoms with Gasteiger partial charge < -0.3 is 14.2 Å². The van der Waals surface area contributed by atoms with Crippen molar-refractivity contribution < 1.29 is 9.34 Å². The molecule has 0 bridgehead atoms. The Morgan fingerprint density at radius 2 is 1.81 bits per heavy atom. The van der Waals surface area contributed by atoms with Crippen LogP contribution in [0.2, 0.25) is 0 Å². The van der Waals surface area contributed by atoms with Crippen LogP contribution in [0.25, 0.3) is 11.0 Å². The van der Waals surface area contributed by atoms with Crippen molar-refractivity contribution in [1.82, 2.24) is 0 Å². The van der Waals surface area contributed by atoms with Crippen LogP contribution in [0, 0.1) is 15.5 Å². The molecule has 3 rings (SSSR count). The quantitative estimate of drug-likeness (QED) is 0.255. The minimum atomic E-state index is -0.482. The number of hydrogen-bond acceptors (Lipinski definition) is 5. The third-order valence-corrected chi connectivity index (χ3v) is 4.05. The summed E-state index contributed by atoms with van der Waals surface area (Å²) in [5, 5.41) is 20.1. The minimum absolute atomic E-state index is 0.0547. The third-order valence-electron chi connectivity index (χ3n) is 4.05. The Balaban J connectivity index is 1.97. The van der Waals surface area contributed by atoms with Gasteiger partial charge in [0.25, 0.3) is 5.69 Å². The summed E-state index contributed by atoms with van der Waals surface area (Å²) < 4.78 is 5.30. The number of rotatable bonds is 3. The highest BCUT2D eigenvalue weighted by molar-refractivity contribution is 6.08. The number of benzene rings is 2. The highest BCUT2D eigenvalue weighted by atomic mass is 16.6. The Hall–Kier alpha value is -3.68. The summed E-state index contributed by atoms with van der Waals surface area (Å²) in [6.07, 6.45) is 0. The van der Waals surface area contributed by atoms with Gasteiger partial charge in [0.2, 0.25) is 5.96 Å². The predicted octanol–water partition coefficient (Wildman–Crippen LogP) is 3.21. The lowest BCUT2D eigenvalue weighted by Gasteiger charge is -2.28. The van der Waals surface area contributed by atoms with Gasteiger partial charge >= 0.3 is 5.63 Å². The fourth-order valence-electron chi connectivity index (χ4n) is 2.62. The van der Waals surface area contributed by atoms with Gasteiger partial charge in [-0.25, -0.2) is 4.79 Å². The third kappa shape index (κ3) is 3.12. The molecule has 0 saturated carbocycles. The average molecular weight is 352 g/mol. The molecule has 2 aromatic carbocycles. The summed E-state index contributed by atoms with van der Waals surface area (Å²) in [4.78, 5) is 25.1. The molecule has 0 saturated heterocycles. The number of anilines is 2. The zero-order valence-electron chi connectivity index (χ0n) is 14.2. The Labute approximate surface area is 148 Å². The SMILES string of the molecule is CN(C(=N)N(C)c1cccc2ccc(=O)oc12)c1cccc([N+](=O)[O-])c1. The molecule has 8 heteroatoms. The summed E-state index contributed by atoms with van der Waals surface area (Å²) in [5.41, 5.74) is 0.887. The Bertz CT molecular complexity index is 1060. The molecule has 132 valence electrons. The van der Waals surface area contributed by atoms with E-state index >= 15 is 0 Å². The van der Waals surface area contributed by atoms with Crippen LogP contribution in [-0.2, 0) is 0 Å². The van der Waals surface area contributed by atoms with Gasteiger partial charge in [-0.2, -0.15) is 0 Å². The van der Waals surface area contributed by atoms with Crippen molar-refractivity contribution in [1.29, 1.82) is 5.41 Å². The number of para-hydroxylation sites is 1. The molecule has 0 fully saturated rings. The summed E-state index contributed by atoms with van der Waals surface area (Å²) in [6, 6.07) is 14.4. The first-order valence-corrected chi connectivity index (χ1v) is 7.72. The molecular weight excluding hydrogens is 336 g/mol. The molecule has 26 heavy (non-hydrogen) atoms. The highest BCUT2D eigenvalue weighted by Crippen LogP contribution is 2.27. The molecule has 3 aromatic rings. The normalized spacial score (nSPS) is 10.5. The van der Waals surface area contributed by atoms with Crippen LogP contribution in [0.3, 0.4) is 0 Å². The van der Waals surface area contributed by atoms with E-state index in [1.807, 2.05) is 6.07 Å². The van der Waals surface area contributed by atoms with Gasteiger partial charge in [-0.05, 0) is 18.2 Å². The number of guanidine groups is 1. The van der Waals surface area contributed by atoms with Crippen LogP contribution in [0.1, 0.15) is 0 Å². The van der Waals surface area contributed by atoms with Crippen molar-refractivity contribution in [2.45, 2.75) is 0 Å². The molecule has 0 aliphatic rings. The molecule has 0 atom stereocenters. The number of hydrogen-bond donors (Lipinski definition) is 1. The van der Waals surface area contributed by atoms with Crippen LogP contribution >= 0.6 is 0 Å². The maximum Gasteiger partial charge on any atom is 0.336 e. The van der Waals surface area contributed by atoms with E-state index < -0.39 is 10.5 Å². The van der Waals surface area contributed by atoms with Crippen LogP contribution < -0.4 is 15.4 Å². The number of nitro groups is 1. The minimum Gasteiger partial charge on any atom is -0.420 e. The fraction of sp³-hybridized carbons (Fsp3) is 0.111. The van der Waals surface area contributed by atoms with Crippen molar-refractivity contribution in [3.63, 3.8) is 0 Å². The van der Waals surface area contributed by atoms with Gasteiger partial charge in [-0.3, -0.25) is 15.5 Å². The number of nitro benzene ring substituents is 1. The Morgan fingerprint density at radius 1 is 1.08 bits per heavy atom. The standard InChI is InChI=1S/C18H16N4O4/c1-20(13-6-4-7-14(11-13)22(24)25)18(19)21(2)15-8-3-5-12-9-10-16(23)26-17(12)15/h3-11,19H,1-2H3. The average Bonchev–Trinajstić information content (AvgIpc) is 2.65. The van der Waals surface area contributed by atoms with E-state index in [2.05, 4.69) is 0 Å². The molecule has 0 amide bonds. The summed E-state index contributed by atoms with van der Waals surface area (Å²) in [7, 11) is 3.30. The smallest absolute Gasteiger partial charge is 0.336 e. The number of fused-ring (bicyclic) bond motifs is 1. The summed E-state index contributed by atoms with van der Waals surface area (Å²) >= 11 is 0. The molecule has 0 aliphatic carbocycles. The van der Waals surface area contributed by atoms with Gasteiger partial charge in [0.15, 0.2) is 5.58 Å². The van der Waals surface area contributed by atoms with Gasteiger partial charge in [0.05, 0.1) is 16.3 Å². The molecule has 8 nitrogen and oxygen atoms in total. The summed E-state index contributed by atoms with van der Waals surface area (Å²) in [6.45, 7) is 0. The van der Waals surface area contributed by atoms with E-state index in [0.29, 0.717) is 17.0 Å². The fourth-order valence-corrected chi connectivity index (χ4v) is 2.62. The van der Waals surface area contributed by atoms with E-state index in [0.717, 1.165) is 5.39 Å². The first kappa shape index (κ1) is 17.2. The topological polar surface area (TPSA) is 104 Å². The van der Waals surface area contributed by atoms with Gasteiger partial charge in [-0.15, -0.1) is 0 Å². The van der Waals surface area contributed by atoms with Gasteiger partial charge in [-0.1, -0.05) is 18.2 Å². The number of nitrogens with zero attached hydrogens (tertiary/aromatic N) is 3. The van der Waals surface area contributed by atoms with Crippen molar-refractivity contribution in [3.8, 4) is 0 Å². The van der Waals surface area contributed by atoms with E-state index in [4.69, 9.17) is 9.83 Å². The Kier molecular flexibility index (Phi) is 4.40. The molecule has 0 aliphatic heterocycles. The van der Waals surface area contributed by atoms with Crippen LogP contribution in [0.4, 0.5) is 17.1 Å². The van der Waals surface area contributed by atoms with Crippen molar-refractivity contribution in [2.24, 2.45) is 0 Å². The predicted molar refractivity (Wildman–Crippen MR) is 100 cm³/mol. The number of nitrogens with one attached hydrogen (secondary N) is 1. The van der Waals surface area contributed by atoms with E-state index in [9.17, 15) is 14.9 Å². The monoisotopic (exact) mass is 352 g/mol. The number of non-ortho nitro benzene ring substituents is 1. The van der Waals surface area contributed by atoms with Gasteiger partial charge in [0.1, 0.15) is 0 Å². The van der Waals surface area contributed by atoms with E-state index in [1.165, 1.54) is 23.1 Å². The molecule has 0 spiro atoms. The van der Waals surface area contributed by atoms with Crippen LogP contribution in [0.5, 0.6) is 0 Å². The van der Waals surface area contributed by atoms with Crippen LogP contribution in [0.15, 0.2) is 63.8 Å². The zero-order chi connectivity index (χ0) is 18.8. The first-order valence-electron chi connectivity index (χ1n) is 7.72. The maximum atomic E-state index is 11.6. The lowest BCUT2D eigenvalue weighted by atomic mass is 10.2. The van der Waals surface area contributed by atoms with Gasteiger partial charge in [0, 0.05) is 37.7 Å². The molecule has 0 radical (unpaired) electrons. The summed E-state index contributed by atoms with van der Waals surface area (Å²) in [5.74, 6) is 0.0597.